The molecule has 2 N–H and O–H groups in total. The van der Waals surface area contributed by atoms with Crippen LogP contribution in [0.25, 0.3) is 0 Å². The molecule has 15 heavy (non-hydrogen) atoms. The molecular formula is C10H20N3O2+. The Morgan fingerprint density at radius 1 is 1.47 bits per heavy atom. The average Bonchev–Trinajstić information content (AvgIpc) is 2.26. The molecule has 0 bridgehead atoms. The van der Waals surface area contributed by atoms with Crippen LogP contribution in [-0.4, -0.2) is 56.1 Å². The maximum Gasteiger partial charge on any atom is 0.310 e. The predicted octanol–water partition coefficient (Wildman–Crippen LogP) is -0.911. The van der Waals surface area contributed by atoms with Gasteiger partial charge in [-0.25, -0.2) is 4.79 Å². The molecule has 0 spiro atoms. The van der Waals surface area contributed by atoms with E-state index < -0.39 is 0 Å². The third-order valence-electron chi connectivity index (χ3n) is 3.09. The van der Waals surface area contributed by atoms with Crippen LogP contribution in [0.4, 0.5) is 0 Å². The highest BCUT2D eigenvalue weighted by Gasteiger charge is 2.34. The van der Waals surface area contributed by atoms with E-state index >= 15 is 0 Å². The van der Waals surface area contributed by atoms with Crippen molar-refractivity contribution in [2.75, 3.05) is 39.3 Å². The standard InChI is InChI=1S/C10H19N3O2/c1-10(15)13(6-2-3-12-9-14)7-4-11-5-8-13/h9,11H,2-8H2,1H3/p+1. The topological polar surface area (TPSA) is 58.2 Å². The van der Waals surface area contributed by atoms with Crippen LogP contribution >= 0.6 is 0 Å². The number of carbonyl (C=O) groups is 2. The fraction of sp³-hybridized carbons (Fsp3) is 0.800. The molecule has 1 aliphatic heterocycles. The summed E-state index contributed by atoms with van der Waals surface area (Å²) in [5.41, 5.74) is 0. The van der Waals surface area contributed by atoms with Gasteiger partial charge in [-0.3, -0.25) is 9.28 Å². The van der Waals surface area contributed by atoms with Gasteiger partial charge in [0.1, 0.15) is 0 Å². The second-order valence-corrected chi connectivity index (χ2v) is 4.01. The highest BCUT2D eigenvalue weighted by Crippen LogP contribution is 2.10. The molecule has 0 aromatic heterocycles. The number of amides is 2. The van der Waals surface area contributed by atoms with Crippen molar-refractivity contribution in [3.63, 3.8) is 0 Å². The summed E-state index contributed by atoms with van der Waals surface area (Å²) in [5.74, 6) is 0.239. The summed E-state index contributed by atoms with van der Waals surface area (Å²) in [7, 11) is 0. The van der Waals surface area contributed by atoms with Gasteiger partial charge < -0.3 is 10.6 Å². The van der Waals surface area contributed by atoms with Crippen molar-refractivity contribution in [3.05, 3.63) is 0 Å². The Kier molecular flexibility index (Phi) is 4.71. The summed E-state index contributed by atoms with van der Waals surface area (Å²) < 4.78 is 0.563. The van der Waals surface area contributed by atoms with Crippen LogP contribution in [0.15, 0.2) is 0 Å². The van der Waals surface area contributed by atoms with Crippen LogP contribution in [-0.2, 0) is 9.59 Å². The number of rotatable bonds is 5. The number of hydrogen-bond donors (Lipinski definition) is 2. The van der Waals surface area contributed by atoms with Crippen molar-refractivity contribution in [2.45, 2.75) is 13.3 Å². The summed E-state index contributed by atoms with van der Waals surface area (Å²) in [6, 6.07) is 0. The zero-order valence-electron chi connectivity index (χ0n) is 9.29. The number of carbonyl (C=O) groups excluding carboxylic acids is 2. The molecule has 1 rings (SSSR count). The van der Waals surface area contributed by atoms with E-state index in [2.05, 4.69) is 10.6 Å². The van der Waals surface area contributed by atoms with Gasteiger partial charge in [-0.15, -0.1) is 0 Å². The van der Waals surface area contributed by atoms with E-state index in [1.807, 2.05) is 0 Å². The van der Waals surface area contributed by atoms with Crippen molar-refractivity contribution in [1.29, 1.82) is 0 Å². The average molecular weight is 214 g/mol. The van der Waals surface area contributed by atoms with Crippen molar-refractivity contribution in [2.24, 2.45) is 0 Å². The molecule has 1 aliphatic rings. The van der Waals surface area contributed by atoms with Gasteiger partial charge in [0.25, 0.3) is 0 Å². The molecule has 5 heteroatoms. The quantitative estimate of drug-likeness (QED) is 0.354. The van der Waals surface area contributed by atoms with Crippen LogP contribution in [0.3, 0.4) is 0 Å². The molecule has 0 saturated carbocycles. The van der Waals surface area contributed by atoms with Gasteiger partial charge in [0, 0.05) is 26.1 Å². The van der Waals surface area contributed by atoms with E-state index in [4.69, 9.17) is 0 Å². The molecule has 1 fully saturated rings. The maximum atomic E-state index is 11.6. The fourth-order valence-electron chi connectivity index (χ4n) is 2.06. The number of nitrogens with one attached hydrogen (secondary N) is 2. The van der Waals surface area contributed by atoms with E-state index in [1.165, 1.54) is 0 Å². The first-order valence-corrected chi connectivity index (χ1v) is 5.46. The number of quaternary nitrogens is 1. The van der Waals surface area contributed by atoms with Gasteiger partial charge in [0.15, 0.2) is 0 Å². The van der Waals surface area contributed by atoms with Gasteiger partial charge >= 0.3 is 5.91 Å². The minimum absolute atomic E-state index is 0.239. The maximum absolute atomic E-state index is 11.6. The lowest BCUT2D eigenvalue weighted by Crippen LogP contribution is -2.61. The highest BCUT2D eigenvalue weighted by molar-refractivity contribution is 5.65. The molecule has 1 heterocycles. The summed E-state index contributed by atoms with van der Waals surface area (Å²) >= 11 is 0. The normalized spacial score (nSPS) is 19.5. The van der Waals surface area contributed by atoms with Crippen LogP contribution in [0.1, 0.15) is 13.3 Å². The zero-order valence-corrected chi connectivity index (χ0v) is 9.29. The van der Waals surface area contributed by atoms with Gasteiger partial charge in [-0.05, 0) is 0 Å². The van der Waals surface area contributed by atoms with Gasteiger partial charge in [0.2, 0.25) is 6.41 Å². The third kappa shape index (κ3) is 3.28. The molecule has 0 atom stereocenters. The lowest BCUT2D eigenvalue weighted by atomic mass is 10.2. The monoisotopic (exact) mass is 214 g/mol. The summed E-state index contributed by atoms with van der Waals surface area (Å²) in [6.07, 6.45) is 1.56. The van der Waals surface area contributed by atoms with E-state index in [0.29, 0.717) is 17.4 Å². The summed E-state index contributed by atoms with van der Waals surface area (Å²) in [6.45, 7) is 6.70. The molecule has 0 unspecified atom stereocenters. The minimum atomic E-state index is 0.239. The van der Waals surface area contributed by atoms with E-state index in [0.717, 1.165) is 39.1 Å². The second kappa shape index (κ2) is 5.82. The Morgan fingerprint density at radius 3 is 2.67 bits per heavy atom. The molecule has 0 aliphatic carbocycles. The number of nitrogens with zero attached hydrogens (tertiary/aromatic N) is 1. The van der Waals surface area contributed by atoms with Crippen LogP contribution < -0.4 is 10.6 Å². The molecule has 0 aromatic rings. The van der Waals surface area contributed by atoms with Crippen LogP contribution in [0.2, 0.25) is 0 Å². The molecule has 86 valence electrons. The lowest BCUT2D eigenvalue weighted by molar-refractivity contribution is -0.856. The van der Waals surface area contributed by atoms with Crippen LogP contribution in [0, 0.1) is 0 Å². The SMILES string of the molecule is CC(=O)[N+]1(CCCNC=O)CCNCC1. The molecule has 2 amide bonds. The number of piperazine rings is 1. The second-order valence-electron chi connectivity index (χ2n) is 4.01. The fourth-order valence-corrected chi connectivity index (χ4v) is 2.06. The van der Waals surface area contributed by atoms with Crippen LogP contribution in [0.5, 0.6) is 0 Å². The molecule has 0 radical (unpaired) electrons. The third-order valence-corrected chi connectivity index (χ3v) is 3.09. The van der Waals surface area contributed by atoms with E-state index in [-0.39, 0.29) is 5.91 Å². The van der Waals surface area contributed by atoms with Crippen molar-refractivity contribution >= 4 is 12.3 Å². The van der Waals surface area contributed by atoms with Crippen molar-refractivity contribution in [1.82, 2.24) is 10.6 Å². The van der Waals surface area contributed by atoms with Crippen molar-refractivity contribution in [3.8, 4) is 0 Å². The van der Waals surface area contributed by atoms with Crippen molar-refractivity contribution < 1.29 is 14.1 Å². The van der Waals surface area contributed by atoms with E-state index in [9.17, 15) is 9.59 Å². The lowest BCUT2D eigenvalue weighted by Gasteiger charge is -2.38. The highest BCUT2D eigenvalue weighted by atomic mass is 16.2. The molecule has 1 saturated heterocycles. The molecular weight excluding hydrogens is 194 g/mol. The first kappa shape index (κ1) is 12.1. The zero-order chi connectivity index (χ0) is 11.1. The Hall–Kier alpha value is -0.940. The summed E-state index contributed by atoms with van der Waals surface area (Å²) in [5, 5.41) is 5.88. The predicted molar refractivity (Wildman–Crippen MR) is 57.1 cm³/mol. The van der Waals surface area contributed by atoms with E-state index in [1.54, 1.807) is 6.92 Å². The number of hydrogen-bond acceptors (Lipinski definition) is 3. The molecule has 5 nitrogen and oxygen atoms in total. The van der Waals surface area contributed by atoms with Gasteiger partial charge in [-0.1, -0.05) is 0 Å². The van der Waals surface area contributed by atoms with Gasteiger partial charge in [0.05, 0.1) is 26.6 Å². The Labute approximate surface area is 90.4 Å². The van der Waals surface area contributed by atoms with Gasteiger partial charge in [-0.2, -0.15) is 0 Å². The summed E-state index contributed by atoms with van der Waals surface area (Å²) in [4.78, 5) is 21.7. The largest absolute Gasteiger partial charge is 0.358 e. The molecule has 0 aromatic carbocycles. The minimum Gasteiger partial charge on any atom is -0.358 e. The first-order valence-electron chi connectivity index (χ1n) is 5.46. The Morgan fingerprint density at radius 2 is 2.13 bits per heavy atom. The Bertz CT molecular complexity index is 225. The first-order chi connectivity index (χ1) is 7.21. The smallest absolute Gasteiger partial charge is 0.310 e. The Balaban J connectivity index is 2.42.